The number of Topliss-reactive ketones (excluding diaryl/α,β-unsaturated/α-hetero) is 1. The number of carbonyl (C=O) groups is 1. The van der Waals surface area contributed by atoms with Crippen molar-refractivity contribution in [2.45, 2.75) is 26.3 Å². The minimum absolute atomic E-state index is 0.102. The Morgan fingerprint density at radius 2 is 2.38 bits per heavy atom. The highest BCUT2D eigenvalue weighted by Crippen LogP contribution is 2.13. The van der Waals surface area contributed by atoms with E-state index in [1.54, 1.807) is 4.68 Å². The molecule has 4 nitrogen and oxygen atoms in total. The van der Waals surface area contributed by atoms with Crippen molar-refractivity contribution in [3.05, 3.63) is 34.5 Å². The van der Waals surface area contributed by atoms with Gasteiger partial charge in [-0.3, -0.25) is 4.79 Å². The van der Waals surface area contributed by atoms with Crippen LogP contribution in [0, 0.1) is 0 Å². The summed E-state index contributed by atoms with van der Waals surface area (Å²) in [6.45, 7) is 4.04. The third kappa shape index (κ3) is 2.19. The Balaban J connectivity index is 2.15. The number of thiophene rings is 1. The molecule has 0 aliphatic rings. The molecule has 0 aliphatic heterocycles. The zero-order valence-corrected chi connectivity index (χ0v) is 10.1. The average molecular weight is 235 g/mol. The fraction of sp³-hybridized carbons (Fsp3) is 0.364. The Labute approximate surface area is 97.9 Å². The molecule has 0 amide bonds. The summed E-state index contributed by atoms with van der Waals surface area (Å²) in [4.78, 5) is 16.8. The first-order valence-corrected chi connectivity index (χ1v) is 6.01. The summed E-state index contributed by atoms with van der Waals surface area (Å²) in [5, 5.41) is 6.01. The highest BCUT2D eigenvalue weighted by Gasteiger charge is 2.14. The molecule has 0 unspecified atom stereocenters. The van der Waals surface area contributed by atoms with Crippen molar-refractivity contribution in [3.8, 4) is 0 Å². The van der Waals surface area contributed by atoms with Gasteiger partial charge in [0.05, 0.1) is 11.3 Å². The molecule has 2 heterocycles. The lowest BCUT2D eigenvalue weighted by molar-refractivity contribution is 0.0993. The molecule has 0 radical (unpaired) electrons. The molecular weight excluding hydrogens is 222 g/mol. The highest BCUT2D eigenvalue weighted by atomic mass is 32.1. The maximum atomic E-state index is 11.9. The summed E-state index contributed by atoms with van der Waals surface area (Å²) < 4.78 is 1.78. The van der Waals surface area contributed by atoms with Gasteiger partial charge in [0.2, 0.25) is 0 Å². The van der Waals surface area contributed by atoms with Gasteiger partial charge in [-0.25, -0.2) is 9.67 Å². The first kappa shape index (κ1) is 11.0. The van der Waals surface area contributed by atoms with Gasteiger partial charge in [-0.05, 0) is 25.3 Å². The van der Waals surface area contributed by atoms with E-state index in [2.05, 4.69) is 10.1 Å². The topological polar surface area (TPSA) is 47.8 Å². The summed E-state index contributed by atoms with van der Waals surface area (Å²) >= 11 is 1.46. The van der Waals surface area contributed by atoms with Crippen LogP contribution in [-0.2, 0) is 6.42 Å². The molecule has 0 saturated carbocycles. The maximum Gasteiger partial charge on any atom is 0.180 e. The molecule has 0 saturated heterocycles. The Kier molecular flexibility index (Phi) is 3.14. The minimum Gasteiger partial charge on any atom is -0.293 e. The van der Waals surface area contributed by atoms with E-state index >= 15 is 0 Å². The van der Waals surface area contributed by atoms with Crippen LogP contribution in [0.25, 0.3) is 0 Å². The summed E-state index contributed by atoms with van der Waals surface area (Å²) in [6.07, 6.45) is 1.82. The van der Waals surface area contributed by atoms with Gasteiger partial charge in [-0.2, -0.15) is 5.10 Å². The Hall–Kier alpha value is -1.49. The lowest BCUT2D eigenvalue weighted by Crippen LogP contribution is -2.12. The maximum absolute atomic E-state index is 11.9. The standard InChI is InChI=1S/C11H13N3OS/c1-8(2)14-11(12-7-13-14)6-9(15)10-4-3-5-16-10/h3-5,7-8H,6H2,1-2H3. The second-order valence-corrected chi connectivity index (χ2v) is 4.74. The number of aromatic nitrogens is 3. The minimum atomic E-state index is 0.102. The van der Waals surface area contributed by atoms with Crippen LogP contribution in [0.1, 0.15) is 35.4 Å². The summed E-state index contributed by atoms with van der Waals surface area (Å²) in [5.74, 6) is 0.832. The number of ketones is 1. The number of nitrogens with zero attached hydrogens (tertiary/aromatic N) is 3. The van der Waals surface area contributed by atoms with Crippen LogP contribution in [0.3, 0.4) is 0 Å². The van der Waals surface area contributed by atoms with Gasteiger partial charge in [0.25, 0.3) is 0 Å². The van der Waals surface area contributed by atoms with Crippen LogP contribution in [0.15, 0.2) is 23.8 Å². The molecule has 2 rings (SSSR count). The Bertz CT molecular complexity index is 473. The van der Waals surface area contributed by atoms with Crippen molar-refractivity contribution in [2.24, 2.45) is 0 Å². The highest BCUT2D eigenvalue weighted by molar-refractivity contribution is 7.12. The first-order chi connectivity index (χ1) is 7.68. The van der Waals surface area contributed by atoms with E-state index in [9.17, 15) is 4.79 Å². The van der Waals surface area contributed by atoms with Gasteiger partial charge in [-0.15, -0.1) is 11.3 Å². The second-order valence-electron chi connectivity index (χ2n) is 3.79. The molecule has 5 heteroatoms. The Morgan fingerprint density at radius 3 is 3.00 bits per heavy atom. The molecule has 0 spiro atoms. The van der Waals surface area contributed by atoms with E-state index in [0.29, 0.717) is 6.42 Å². The summed E-state index contributed by atoms with van der Waals surface area (Å²) in [7, 11) is 0. The molecule has 0 fully saturated rings. The van der Waals surface area contributed by atoms with Gasteiger partial charge < -0.3 is 0 Å². The van der Waals surface area contributed by atoms with Crippen molar-refractivity contribution in [1.82, 2.24) is 14.8 Å². The predicted molar refractivity (Wildman–Crippen MR) is 62.8 cm³/mol. The van der Waals surface area contributed by atoms with Crippen LogP contribution < -0.4 is 0 Å². The number of rotatable bonds is 4. The third-order valence-corrected chi connectivity index (χ3v) is 3.16. The van der Waals surface area contributed by atoms with Crippen LogP contribution in [0.5, 0.6) is 0 Å². The number of hydrogen-bond donors (Lipinski definition) is 0. The fourth-order valence-electron chi connectivity index (χ4n) is 1.50. The van der Waals surface area contributed by atoms with Crippen LogP contribution in [-0.4, -0.2) is 20.5 Å². The molecule has 0 N–H and O–H groups in total. The largest absolute Gasteiger partial charge is 0.293 e. The van der Waals surface area contributed by atoms with E-state index in [-0.39, 0.29) is 11.8 Å². The van der Waals surface area contributed by atoms with Crippen LogP contribution >= 0.6 is 11.3 Å². The van der Waals surface area contributed by atoms with Gasteiger partial charge in [0, 0.05) is 6.04 Å². The smallest absolute Gasteiger partial charge is 0.180 e. The normalized spacial score (nSPS) is 10.9. The fourth-order valence-corrected chi connectivity index (χ4v) is 2.16. The van der Waals surface area contributed by atoms with Crippen LogP contribution in [0.4, 0.5) is 0 Å². The molecule has 0 aromatic carbocycles. The Morgan fingerprint density at radius 1 is 1.56 bits per heavy atom. The van der Waals surface area contributed by atoms with Crippen molar-refractivity contribution in [3.63, 3.8) is 0 Å². The summed E-state index contributed by atoms with van der Waals surface area (Å²) in [6, 6.07) is 3.95. The van der Waals surface area contributed by atoms with E-state index in [0.717, 1.165) is 10.7 Å². The van der Waals surface area contributed by atoms with E-state index in [1.807, 2.05) is 31.4 Å². The zero-order valence-electron chi connectivity index (χ0n) is 9.25. The van der Waals surface area contributed by atoms with Crippen molar-refractivity contribution >= 4 is 17.1 Å². The monoisotopic (exact) mass is 235 g/mol. The SMILES string of the molecule is CC(C)n1ncnc1CC(=O)c1cccs1. The van der Waals surface area contributed by atoms with Gasteiger partial charge in [0.15, 0.2) is 5.78 Å². The number of hydrogen-bond acceptors (Lipinski definition) is 4. The molecule has 16 heavy (non-hydrogen) atoms. The first-order valence-electron chi connectivity index (χ1n) is 5.13. The second kappa shape index (κ2) is 4.57. The lowest BCUT2D eigenvalue weighted by atomic mass is 10.2. The third-order valence-electron chi connectivity index (χ3n) is 2.25. The van der Waals surface area contributed by atoms with Crippen molar-refractivity contribution in [2.75, 3.05) is 0 Å². The van der Waals surface area contributed by atoms with Crippen molar-refractivity contribution < 1.29 is 4.79 Å². The van der Waals surface area contributed by atoms with Gasteiger partial charge >= 0.3 is 0 Å². The molecule has 84 valence electrons. The molecule has 0 bridgehead atoms. The molecule has 0 atom stereocenters. The lowest BCUT2D eigenvalue weighted by Gasteiger charge is -2.07. The molecular formula is C11H13N3OS. The van der Waals surface area contributed by atoms with E-state index < -0.39 is 0 Å². The van der Waals surface area contributed by atoms with Crippen LogP contribution in [0.2, 0.25) is 0 Å². The average Bonchev–Trinajstić information content (AvgIpc) is 2.86. The van der Waals surface area contributed by atoms with Gasteiger partial charge in [0.1, 0.15) is 12.2 Å². The van der Waals surface area contributed by atoms with Gasteiger partial charge in [-0.1, -0.05) is 6.07 Å². The molecule has 2 aromatic rings. The molecule has 2 aromatic heterocycles. The number of carbonyl (C=O) groups excluding carboxylic acids is 1. The summed E-state index contributed by atoms with van der Waals surface area (Å²) in [5.41, 5.74) is 0. The van der Waals surface area contributed by atoms with E-state index in [4.69, 9.17) is 0 Å². The quantitative estimate of drug-likeness (QED) is 0.764. The van der Waals surface area contributed by atoms with Crippen molar-refractivity contribution in [1.29, 1.82) is 0 Å². The predicted octanol–water partition coefficient (Wildman–Crippen LogP) is 2.35. The zero-order chi connectivity index (χ0) is 11.5. The van der Waals surface area contributed by atoms with E-state index in [1.165, 1.54) is 17.7 Å². The molecule has 0 aliphatic carbocycles.